The predicted octanol–water partition coefficient (Wildman–Crippen LogP) is 3.64. The Labute approximate surface area is 157 Å². The smallest absolute Gasteiger partial charge is 0.222 e. The Kier molecular flexibility index (Phi) is 4.80. The van der Waals surface area contributed by atoms with Gasteiger partial charge in [0.2, 0.25) is 5.91 Å². The maximum absolute atomic E-state index is 13.1. The lowest BCUT2D eigenvalue weighted by molar-refractivity contribution is -0.134. The van der Waals surface area contributed by atoms with Crippen LogP contribution >= 0.6 is 11.3 Å². The van der Waals surface area contributed by atoms with Crippen LogP contribution in [0.25, 0.3) is 11.3 Å². The molecule has 1 saturated carbocycles. The Bertz CT molecular complexity index is 791. The van der Waals surface area contributed by atoms with E-state index in [0.717, 1.165) is 42.2 Å². The zero-order valence-corrected chi connectivity index (χ0v) is 16.0. The second-order valence-electron chi connectivity index (χ2n) is 7.67. The molecular formula is C20H24FN3OS. The van der Waals surface area contributed by atoms with Crippen LogP contribution in [0.15, 0.2) is 29.6 Å². The largest absolute Gasteiger partial charge is 0.345 e. The van der Waals surface area contributed by atoms with Gasteiger partial charge in [0.25, 0.3) is 0 Å². The molecule has 1 aromatic carbocycles. The number of fused-ring (bicyclic) bond motifs is 1. The number of halogens is 1. The number of rotatable bonds is 4. The first-order valence-electron chi connectivity index (χ1n) is 9.14. The Balaban J connectivity index is 1.39. The molecule has 0 spiro atoms. The maximum atomic E-state index is 13.1. The Morgan fingerprint density at radius 3 is 2.77 bits per heavy atom. The number of thiazole rings is 1. The third-order valence-corrected chi connectivity index (χ3v) is 6.72. The molecule has 0 unspecified atom stereocenters. The van der Waals surface area contributed by atoms with Gasteiger partial charge in [0, 0.05) is 37.0 Å². The summed E-state index contributed by atoms with van der Waals surface area (Å²) in [4.78, 5) is 20.9. The van der Waals surface area contributed by atoms with Crippen LogP contribution in [0.4, 0.5) is 4.39 Å². The van der Waals surface area contributed by atoms with Gasteiger partial charge in [0.15, 0.2) is 0 Å². The highest BCUT2D eigenvalue weighted by Crippen LogP contribution is 2.40. The Morgan fingerprint density at radius 1 is 1.27 bits per heavy atom. The maximum Gasteiger partial charge on any atom is 0.222 e. The zero-order chi connectivity index (χ0) is 18.3. The van der Waals surface area contributed by atoms with Crippen molar-refractivity contribution in [2.45, 2.75) is 31.8 Å². The van der Waals surface area contributed by atoms with Crippen molar-refractivity contribution < 1.29 is 9.18 Å². The number of carbonyl (C=O) groups is 1. The Hall–Kier alpha value is -1.79. The lowest BCUT2D eigenvalue weighted by atomic mass is 9.88. The normalized spacial score (nSPS) is 25.8. The minimum atomic E-state index is -0.226. The van der Waals surface area contributed by atoms with Gasteiger partial charge in [0.1, 0.15) is 10.8 Å². The van der Waals surface area contributed by atoms with Crippen molar-refractivity contribution in [3.8, 4) is 11.3 Å². The van der Waals surface area contributed by atoms with E-state index in [1.807, 2.05) is 17.3 Å². The van der Waals surface area contributed by atoms with E-state index in [1.165, 1.54) is 12.1 Å². The van der Waals surface area contributed by atoms with Crippen molar-refractivity contribution in [2.75, 3.05) is 20.6 Å². The van der Waals surface area contributed by atoms with Crippen molar-refractivity contribution in [2.24, 2.45) is 11.8 Å². The fourth-order valence-electron chi connectivity index (χ4n) is 4.33. The first kappa shape index (κ1) is 17.6. The molecule has 1 amide bonds. The van der Waals surface area contributed by atoms with Crippen molar-refractivity contribution >= 4 is 17.2 Å². The number of aromatic nitrogens is 1. The van der Waals surface area contributed by atoms with Crippen molar-refractivity contribution in [3.63, 3.8) is 0 Å². The van der Waals surface area contributed by atoms with Crippen LogP contribution in [-0.4, -0.2) is 47.4 Å². The van der Waals surface area contributed by atoms with Gasteiger partial charge in [-0.15, -0.1) is 11.3 Å². The van der Waals surface area contributed by atoms with E-state index in [-0.39, 0.29) is 5.82 Å². The first-order valence-corrected chi connectivity index (χ1v) is 10.0. The number of hydrogen-bond acceptors (Lipinski definition) is 4. The summed E-state index contributed by atoms with van der Waals surface area (Å²) in [6.45, 7) is 1.72. The van der Waals surface area contributed by atoms with Crippen molar-refractivity contribution in [1.82, 2.24) is 14.8 Å². The summed E-state index contributed by atoms with van der Waals surface area (Å²) in [6.07, 6.45) is 2.98. The summed E-state index contributed by atoms with van der Waals surface area (Å²) in [6, 6.07) is 7.00. The zero-order valence-electron chi connectivity index (χ0n) is 15.2. The number of hydrogen-bond donors (Lipinski definition) is 0. The van der Waals surface area contributed by atoms with Gasteiger partial charge in [-0.1, -0.05) is 0 Å². The van der Waals surface area contributed by atoms with E-state index in [0.29, 0.717) is 30.2 Å². The van der Waals surface area contributed by atoms with E-state index in [4.69, 9.17) is 4.98 Å². The fraction of sp³-hybridized carbons (Fsp3) is 0.500. The summed E-state index contributed by atoms with van der Waals surface area (Å²) in [5, 5.41) is 3.12. The highest BCUT2D eigenvalue weighted by atomic mass is 32.1. The molecule has 3 atom stereocenters. The molecule has 4 rings (SSSR count). The highest BCUT2D eigenvalue weighted by molar-refractivity contribution is 7.09. The van der Waals surface area contributed by atoms with E-state index >= 15 is 0 Å². The summed E-state index contributed by atoms with van der Waals surface area (Å²) in [7, 11) is 4.08. The Morgan fingerprint density at radius 2 is 2.00 bits per heavy atom. The molecule has 26 heavy (non-hydrogen) atoms. The van der Waals surface area contributed by atoms with Crippen LogP contribution < -0.4 is 0 Å². The molecule has 0 N–H and O–H groups in total. The fourth-order valence-corrected chi connectivity index (χ4v) is 5.19. The standard InChI is InChI=1S/C20H24FN3OS/c1-23(17-7-14-9-20(25)24(2)10-15(14)8-17)11-19-22-18(12-26-19)13-3-5-16(21)6-4-13/h3-6,12,14-15,17H,7-11H2,1-2H3/t14-,15+,17-/m0/s1. The molecule has 0 bridgehead atoms. The summed E-state index contributed by atoms with van der Waals surface area (Å²) in [5.74, 6) is 1.24. The molecular weight excluding hydrogens is 349 g/mol. The number of benzene rings is 1. The summed E-state index contributed by atoms with van der Waals surface area (Å²) in [5.41, 5.74) is 1.86. The molecule has 1 saturated heterocycles. The van der Waals surface area contributed by atoms with E-state index in [9.17, 15) is 9.18 Å². The summed E-state index contributed by atoms with van der Waals surface area (Å²) < 4.78 is 13.1. The summed E-state index contributed by atoms with van der Waals surface area (Å²) >= 11 is 1.65. The molecule has 1 aliphatic carbocycles. The van der Waals surface area contributed by atoms with Crippen LogP contribution in [0.1, 0.15) is 24.3 Å². The minimum Gasteiger partial charge on any atom is -0.345 e. The van der Waals surface area contributed by atoms with E-state index in [2.05, 4.69) is 11.9 Å². The molecule has 4 nitrogen and oxygen atoms in total. The first-order chi connectivity index (χ1) is 12.5. The van der Waals surface area contributed by atoms with Gasteiger partial charge in [-0.3, -0.25) is 9.69 Å². The average Bonchev–Trinajstić information content (AvgIpc) is 3.23. The number of piperidine rings is 1. The van der Waals surface area contributed by atoms with E-state index in [1.54, 1.807) is 23.5 Å². The van der Waals surface area contributed by atoms with Crippen LogP contribution in [0, 0.1) is 17.7 Å². The van der Waals surface area contributed by atoms with Gasteiger partial charge in [-0.05, 0) is 56.0 Å². The lowest BCUT2D eigenvalue weighted by Crippen LogP contribution is -2.39. The molecule has 1 aromatic heterocycles. The molecule has 2 fully saturated rings. The molecule has 2 aliphatic rings. The lowest BCUT2D eigenvalue weighted by Gasteiger charge is -2.31. The molecule has 2 aromatic rings. The van der Waals surface area contributed by atoms with Gasteiger partial charge in [-0.25, -0.2) is 9.37 Å². The average molecular weight is 373 g/mol. The SMILES string of the molecule is CN1C[C@H]2C[C@@H](N(C)Cc3nc(-c4ccc(F)cc4)cs3)C[C@H]2CC1=O. The van der Waals surface area contributed by atoms with E-state index < -0.39 is 0 Å². The quantitative estimate of drug-likeness (QED) is 0.821. The predicted molar refractivity (Wildman–Crippen MR) is 101 cm³/mol. The number of carbonyl (C=O) groups excluding carboxylic acids is 1. The minimum absolute atomic E-state index is 0.226. The number of amides is 1. The van der Waals surface area contributed by atoms with Crippen LogP contribution in [0.2, 0.25) is 0 Å². The van der Waals surface area contributed by atoms with Crippen molar-refractivity contribution in [3.05, 3.63) is 40.5 Å². The van der Waals surface area contributed by atoms with Crippen LogP contribution in [0.3, 0.4) is 0 Å². The second-order valence-corrected chi connectivity index (χ2v) is 8.61. The van der Waals surface area contributed by atoms with Crippen LogP contribution in [-0.2, 0) is 11.3 Å². The second kappa shape index (κ2) is 7.08. The molecule has 2 heterocycles. The monoisotopic (exact) mass is 373 g/mol. The number of nitrogens with zero attached hydrogens (tertiary/aromatic N) is 3. The third kappa shape index (κ3) is 3.53. The van der Waals surface area contributed by atoms with Gasteiger partial charge < -0.3 is 4.90 Å². The topological polar surface area (TPSA) is 36.4 Å². The molecule has 138 valence electrons. The van der Waals surface area contributed by atoms with Crippen molar-refractivity contribution in [1.29, 1.82) is 0 Å². The third-order valence-electron chi connectivity index (χ3n) is 5.89. The molecule has 1 aliphatic heterocycles. The highest BCUT2D eigenvalue weighted by Gasteiger charge is 2.41. The molecule has 0 radical (unpaired) electrons. The number of likely N-dealkylation sites (tertiary alicyclic amines) is 1. The molecule has 6 heteroatoms. The van der Waals surface area contributed by atoms with Gasteiger partial charge in [0.05, 0.1) is 12.2 Å². The van der Waals surface area contributed by atoms with Gasteiger partial charge >= 0.3 is 0 Å². The van der Waals surface area contributed by atoms with Gasteiger partial charge in [-0.2, -0.15) is 0 Å². The van der Waals surface area contributed by atoms with Crippen LogP contribution in [0.5, 0.6) is 0 Å².